The number of benzene rings is 1. The molecule has 20 heavy (non-hydrogen) atoms. The zero-order valence-corrected chi connectivity index (χ0v) is 12.4. The van der Waals surface area contributed by atoms with E-state index < -0.39 is 9.15 Å². The second-order valence-corrected chi connectivity index (χ2v) is 8.33. The van der Waals surface area contributed by atoms with Gasteiger partial charge in [-0.3, -0.25) is 4.79 Å². The number of amides is 1. The Balaban J connectivity index is 1.84. The average Bonchev–Trinajstić information content (AvgIpc) is 2.37. The van der Waals surface area contributed by atoms with E-state index in [4.69, 9.17) is 4.18 Å². The quantitative estimate of drug-likeness (QED) is 0.849. The SMILES string of the molecule is O=C(NC1CCCCC1)c1c2cccc1SS(=O)(=O)O2. The number of carbonyl (C=O) groups excluding carboxylic acids is 1. The molecule has 1 heterocycles. The van der Waals surface area contributed by atoms with Crippen LogP contribution in [0.25, 0.3) is 0 Å². The molecular formula is C13H15NO4S2. The van der Waals surface area contributed by atoms with Gasteiger partial charge in [-0.1, -0.05) is 25.3 Å². The lowest BCUT2D eigenvalue weighted by Crippen LogP contribution is -2.37. The first-order chi connectivity index (χ1) is 9.55. The number of hydrogen-bond donors (Lipinski definition) is 1. The van der Waals surface area contributed by atoms with Crippen molar-refractivity contribution in [3.63, 3.8) is 0 Å². The molecule has 1 aromatic carbocycles. The highest BCUT2D eigenvalue weighted by atomic mass is 33.1. The van der Waals surface area contributed by atoms with E-state index in [-0.39, 0.29) is 17.7 Å². The molecule has 0 unspecified atom stereocenters. The van der Waals surface area contributed by atoms with Crippen LogP contribution in [0.2, 0.25) is 0 Å². The molecular weight excluding hydrogens is 298 g/mol. The summed E-state index contributed by atoms with van der Waals surface area (Å²) in [7, 11) is -3.10. The molecule has 0 atom stereocenters. The van der Waals surface area contributed by atoms with Crippen molar-refractivity contribution < 1.29 is 17.4 Å². The zero-order valence-electron chi connectivity index (χ0n) is 10.8. The largest absolute Gasteiger partial charge is 0.373 e. The topological polar surface area (TPSA) is 72.5 Å². The maximum absolute atomic E-state index is 12.4. The van der Waals surface area contributed by atoms with Gasteiger partial charge in [0.15, 0.2) is 5.75 Å². The fourth-order valence-corrected chi connectivity index (χ4v) is 5.04. The molecule has 0 saturated heterocycles. The molecule has 0 aromatic heterocycles. The van der Waals surface area contributed by atoms with Crippen molar-refractivity contribution in [2.45, 2.75) is 43.0 Å². The minimum atomic E-state index is -3.68. The summed E-state index contributed by atoms with van der Waals surface area (Å²) < 4.78 is 27.9. The number of carbonyl (C=O) groups is 1. The van der Waals surface area contributed by atoms with Gasteiger partial charge in [-0.2, -0.15) is 8.42 Å². The number of nitrogens with one attached hydrogen (secondary N) is 1. The molecule has 2 bridgehead atoms. The fraction of sp³-hybridized carbons (Fsp3) is 0.462. The van der Waals surface area contributed by atoms with Gasteiger partial charge in [0.25, 0.3) is 5.91 Å². The van der Waals surface area contributed by atoms with Crippen LogP contribution in [-0.4, -0.2) is 20.4 Å². The highest BCUT2D eigenvalue weighted by Gasteiger charge is 2.31. The van der Waals surface area contributed by atoms with Crippen LogP contribution >= 0.6 is 10.8 Å². The van der Waals surface area contributed by atoms with Gasteiger partial charge in [-0.25, -0.2) is 0 Å². The molecule has 7 heteroatoms. The lowest BCUT2D eigenvalue weighted by molar-refractivity contribution is 0.0923. The van der Waals surface area contributed by atoms with Crippen LogP contribution in [0.15, 0.2) is 23.1 Å². The molecule has 1 amide bonds. The molecule has 5 nitrogen and oxygen atoms in total. The maximum Gasteiger partial charge on any atom is 0.370 e. The van der Waals surface area contributed by atoms with Gasteiger partial charge in [-0.05, 0) is 25.0 Å². The van der Waals surface area contributed by atoms with Crippen LogP contribution in [0.5, 0.6) is 5.75 Å². The molecule has 2 aliphatic rings. The highest BCUT2D eigenvalue weighted by Crippen LogP contribution is 2.40. The third-order valence-electron chi connectivity index (χ3n) is 3.54. The van der Waals surface area contributed by atoms with Gasteiger partial charge >= 0.3 is 9.15 Å². The van der Waals surface area contributed by atoms with E-state index in [0.717, 1.165) is 25.7 Å². The van der Waals surface area contributed by atoms with Crippen LogP contribution in [0.4, 0.5) is 0 Å². The summed E-state index contributed by atoms with van der Waals surface area (Å²) in [4.78, 5) is 12.8. The third kappa shape index (κ3) is 2.78. The first-order valence-corrected chi connectivity index (χ1v) is 9.37. The van der Waals surface area contributed by atoms with E-state index in [1.54, 1.807) is 12.1 Å². The average molecular weight is 313 g/mol. The van der Waals surface area contributed by atoms with Crippen molar-refractivity contribution in [1.29, 1.82) is 0 Å². The van der Waals surface area contributed by atoms with Gasteiger partial charge < -0.3 is 9.50 Å². The van der Waals surface area contributed by atoms with E-state index in [2.05, 4.69) is 5.32 Å². The number of hydrogen-bond acceptors (Lipinski definition) is 5. The third-order valence-corrected chi connectivity index (χ3v) is 6.00. The summed E-state index contributed by atoms with van der Waals surface area (Å²) in [5.74, 6) is -0.126. The minimum absolute atomic E-state index is 0.120. The summed E-state index contributed by atoms with van der Waals surface area (Å²) in [6.07, 6.45) is 5.43. The predicted octanol–water partition coefficient (Wildman–Crippen LogP) is 2.48. The Hall–Kier alpha value is -1.21. The summed E-state index contributed by atoms with van der Waals surface area (Å²) >= 11 is 0. The Morgan fingerprint density at radius 1 is 1.25 bits per heavy atom. The number of fused-ring (bicyclic) bond motifs is 2. The molecule has 1 fully saturated rings. The monoisotopic (exact) mass is 313 g/mol. The van der Waals surface area contributed by atoms with E-state index in [1.807, 2.05) is 0 Å². The first-order valence-electron chi connectivity index (χ1n) is 6.63. The molecule has 1 aliphatic carbocycles. The molecule has 1 N–H and O–H groups in total. The molecule has 3 rings (SSSR count). The van der Waals surface area contributed by atoms with E-state index in [0.29, 0.717) is 21.3 Å². The van der Waals surface area contributed by atoms with Crippen molar-refractivity contribution >= 4 is 25.9 Å². The second kappa shape index (κ2) is 5.29. The van der Waals surface area contributed by atoms with Gasteiger partial charge in [0.05, 0.1) is 5.56 Å². The summed E-state index contributed by atoms with van der Waals surface area (Å²) in [6.45, 7) is 0. The minimum Gasteiger partial charge on any atom is -0.373 e. The van der Waals surface area contributed by atoms with Crippen molar-refractivity contribution in [2.75, 3.05) is 0 Å². The van der Waals surface area contributed by atoms with Crippen LogP contribution in [-0.2, 0) is 9.15 Å². The molecule has 0 radical (unpaired) electrons. The van der Waals surface area contributed by atoms with Crippen molar-refractivity contribution in [3.05, 3.63) is 23.8 Å². The maximum atomic E-state index is 12.4. The number of rotatable bonds is 2. The van der Waals surface area contributed by atoms with Crippen molar-refractivity contribution in [2.24, 2.45) is 0 Å². The van der Waals surface area contributed by atoms with Gasteiger partial charge in [0.1, 0.15) is 0 Å². The van der Waals surface area contributed by atoms with E-state index >= 15 is 0 Å². The Labute approximate surface area is 121 Å². The summed E-state index contributed by atoms with van der Waals surface area (Å²) in [6, 6.07) is 5.00. The summed E-state index contributed by atoms with van der Waals surface area (Å²) in [5.41, 5.74) is 0.331. The predicted molar refractivity (Wildman–Crippen MR) is 76.2 cm³/mol. The lowest BCUT2D eigenvalue weighted by atomic mass is 9.95. The van der Waals surface area contributed by atoms with Gasteiger partial charge in [0, 0.05) is 21.7 Å². The van der Waals surface area contributed by atoms with Crippen LogP contribution in [0.1, 0.15) is 42.5 Å². The normalized spacial score (nSPS) is 21.0. The van der Waals surface area contributed by atoms with Crippen LogP contribution < -0.4 is 9.50 Å². The molecule has 1 aliphatic heterocycles. The van der Waals surface area contributed by atoms with E-state index in [9.17, 15) is 13.2 Å². The van der Waals surface area contributed by atoms with Crippen LogP contribution in [0.3, 0.4) is 0 Å². The Morgan fingerprint density at radius 2 is 2.00 bits per heavy atom. The van der Waals surface area contributed by atoms with E-state index in [1.165, 1.54) is 12.5 Å². The molecule has 0 spiro atoms. The Morgan fingerprint density at radius 3 is 2.70 bits per heavy atom. The van der Waals surface area contributed by atoms with Gasteiger partial charge in [0.2, 0.25) is 0 Å². The Bertz CT molecular complexity index is 606. The van der Waals surface area contributed by atoms with Gasteiger partial charge in [-0.15, -0.1) is 0 Å². The standard InChI is InChI=1S/C13H15NO4S2/c15-13(14-9-5-2-1-3-6-9)12-10-7-4-8-11(12)19-20(16,17)18-10/h4,7-9H,1-3,5-6H2,(H,14,15). The van der Waals surface area contributed by atoms with Crippen molar-refractivity contribution in [1.82, 2.24) is 5.32 Å². The highest BCUT2D eigenvalue weighted by molar-refractivity contribution is 8.70. The molecule has 108 valence electrons. The first kappa shape index (κ1) is 13.8. The van der Waals surface area contributed by atoms with Crippen LogP contribution in [0, 0.1) is 0 Å². The summed E-state index contributed by atoms with van der Waals surface area (Å²) in [5, 5.41) is 2.98. The molecule has 1 aromatic rings. The zero-order chi connectivity index (χ0) is 14.2. The molecule has 1 saturated carbocycles. The lowest BCUT2D eigenvalue weighted by Gasteiger charge is -2.25. The second-order valence-electron chi connectivity index (χ2n) is 5.01. The fourth-order valence-electron chi connectivity index (χ4n) is 2.62. The smallest absolute Gasteiger partial charge is 0.370 e. The Kier molecular flexibility index (Phi) is 3.64. The van der Waals surface area contributed by atoms with Crippen molar-refractivity contribution in [3.8, 4) is 5.75 Å².